The van der Waals surface area contributed by atoms with Gasteiger partial charge in [-0.25, -0.2) is 0 Å². The maximum absolute atomic E-state index is 10.8. The molecule has 2 aliphatic heterocycles. The highest BCUT2D eigenvalue weighted by atomic mass is 16.7. The first kappa shape index (κ1) is 8.97. The van der Waals surface area contributed by atoms with Crippen LogP contribution < -0.4 is 0 Å². The molecule has 2 fully saturated rings. The van der Waals surface area contributed by atoms with Crippen LogP contribution in [-0.2, 0) is 19.0 Å². The molecule has 0 N–H and O–H groups in total. The molecule has 0 aliphatic carbocycles. The van der Waals surface area contributed by atoms with Crippen LogP contribution in [-0.4, -0.2) is 31.6 Å². The summed E-state index contributed by atoms with van der Waals surface area (Å²) in [6, 6.07) is 0. The lowest BCUT2D eigenvalue weighted by Crippen LogP contribution is -2.44. The fraction of sp³-hybridized carbons (Fsp3) is 0.889. The molecule has 13 heavy (non-hydrogen) atoms. The maximum Gasteiger partial charge on any atom is 0.302 e. The summed E-state index contributed by atoms with van der Waals surface area (Å²) in [5.74, 6) is 0.204. The lowest BCUT2D eigenvalue weighted by atomic mass is 9.91. The van der Waals surface area contributed by atoms with E-state index in [1.807, 2.05) is 0 Å². The molecule has 0 unspecified atom stereocenters. The van der Waals surface area contributed by atoms with Crippen LogP contribution in [0.25, 0.3) is 0 Å². The Bertz CT molecular complexity index is 204. The predicted octanol–water partition coefficient (Wildman–Crippen LogP) is 0.701. The van der Waals surface area contributed by atoms with E-state index in [2.05, 4.69) is 0 Å². The van der Waals surface area contributed by atoms with Gasteiger partial charge in [-0.05, 0) is 6.42 Å². The van der Waals surface area contributed by atoms with E-state index in [1.54, 1.807) is 0 Å². The number of carbonyl (C=O) groups is 1. The SMILES string of the molecule is CC(=O)O[C@@H]1CO[C@H]2C[C@@H]1CCO2. The normalized spacial score (nSPS) is 38.4. The fourth-order valence-corrected chi connectivity index (χ4v) is 1.92. The van der Waals surface area contributed by atoms with Gasteiger partial charge in [-0.2, -0.15) is 0 Å². The standard InChI is InChI=1S/C9H14O4/c1-6(10)13-8-5-12-9-4-7(8)2-3-11-9/h7-9H,2-5H2,1H3/t7-,8+,9-/m0/s1. The first-order chi connectivity index (χ1) is 6.25. The van der Waals surface area contributed by atoms with E-state index in [1.165, 1.54) is 6.92 Å². The summed E-state index contributed by atoms with van der Waals surface area (Å²) >= 11 is 0. The van der Waals surface area contributed by atoms with E-state index < -0.39 is 0 Å². The van der Waals surface area contributed by atoms with E-state index in [0.717, 1.165) is 12.8 Å². The topological polar surface area (TPSA) is 44.8 Å². The Morgan fingerprint density at radius 1 is 1.46 bits per heavy atom. The van der Waals surface area contributed by atoms with Crippen LogP contribution in [0.15, 0.2) is 0 Å². The lowest BCUT2D eigenvalue weighted by Gasteiger charge is -2.39. The zero-order valence-electron chi connectivity index (χ0n) is 7.69. The minimum Gasteiger partial charge on any atom is -0.460 e. The van der Waals surface area contributed by atoms with Gasteiger partial charge < -0.3 is 14.2 Å². The second kappa shape index (κ2) is 3.64. The van der Waals surface area contributed by atoms with Crippen LogP contribution in [0.3, 0.4) is 0 Å². The van der Waals surface area contributed by atoms with Gasteiger partial charge in [-0.15, -0.1) is 0 Å². The third kappa shape index (κ3) is 2.00. The lowest BCUT2D eigenvalue weighted by molar-refractivity contribution is -0.238. The van der Waals surface area contributed by atoms with Gasteiger partial charge >= 0.3 is 5.97 Å². The second-order valence-corrected chi connectivity index (χ2v) is 3.57. The summed E-state index contributed by atoms with van der Waals surface area (Å²) in [5, 5.41) is 0. The Morgan fingerprint density at radius 3 is 3.08 bits per heavy atom. The Labute approximate surface area is 77.1 Å². The van der Waals surface area contributed by atoms with Gasteiger partial charge in [-0.3, -0.25) is 4.79 Å². The molecule has 0 saturated carbocycles. The monoisotopic (exact) mass is 186 g/mol. The van der Waals surface area contributed by atoms with Crippen LogP contribution in [0.4, 0.5) is 0 Å². The summed E-state index contributed by atoms with van der Waals surface area (Å²) in [7, 11) is 0. The highest BCUT2D eigenvalue weighted by molar-refractivity contribution is 5.66. The van der Waals surface area contributed by atoms with Crippen molar-refractivity contribution in [3.05, 3.63) is 0 Å². The van der Waals surface area contributed by atoms with Gasteiger partial charge in [0.25, 0.3) is 0 Å². The van der Waals surface area contributed by atoms with Gasteiger partial charge in [0.05, 0.1) is 13.2 Å². The minimum atomic E-state index is -0.224. The van der Waals surface area contributed by atoms with Crippen LogP contribution in [0, 0.1) is 5.92 Å². The molecule has 74 valence electrons. The number of rotatable bonds is 1. The van der Waals surface area contributed by atoms with E-state index in [4.69, 9.17) is 14.2 Å². The molecular weight excluding hydrogens is 172 g/mol. The van der Waals surface area contributed by atoms with E-state index in [9.17, 15) is 4.79 Å². The van der Waals surface area contributed by atoms with Crippen LogP contribution in [0.2, 0.25) is 0 Å². The number of hydrogen-bond acceptors (Lipinski definition) is 4. The molecule has 2 heterocycles. The molecular formula is C9H14O4. The fourth-order valence-electron chi connectivity index (χ4n) is 1.92. The third-order valence-electron chi connectivity index (χ3n) is 2.58. The van der Waals surface area contributed by atoms with Crippen molar-refractivity contribution in [2.24, 2.45) is 5.92 Å². The molecule has 0 aromatic rings. The van der Waals surface area contributed by atoms with Gasteiger partial charge in [0, 0.05) is 19.3 Å². The smallest absolute Gasteiger partial charge is 0.302 e. The molecule has 2 saturated heterocycles. The summed E-state index contributed by atoms with van der Waals surface area (Å²) < 4.78 is 15.9. The Kier molecular flexibility index (Phi) is 2.51. The highest BCUT2D eigenvalue weighted by Crippen LogP contribution is 2.30. The van der Waals surface area contributed by atoms with Crippen LogP contribution in [0.1, 0.15) is 19.8 Å². The molecule has 0 radical (unpaired) electrons. The molecule has 4 nitrogen and oxygen atoms in total. The zero-order chi connectivity index (χ0) is 9.26. The molecule has 0 aromatic heterocycles. The predicted molar refractivity (Wildman–Crippen MR) is 44.0 cm³/mol. The molecule has 0 spiro atoms. The molecule has 3 atom stereocenters. The van der Waals surface area contributed by atoms with Crippen molar-refractivity contribution in [1.29, 1.82) is 0 Å². The average Bonchev–Trinajstić information content (AvgIpc) is 2.10. The van der Waals surface area contributed by atoms with Gasteiger partial charge in [-0.1, -0.05) is 0 Å². The Morgan fingerprint density at radius 2 is 2.31 bits per heavy atom. The molecule has 2 aliphatic rings. The van der Waals surface area contributed by atoms with Crippen molar-refractivity contribution in [3.63, 3.8) is 0 Å². The van der Waals surface area contributed by atoms with Gasteiger partial charge in [0.15, 0.2) is 6.29 Å². The second-order valence-electron chi connectivity index (χ2n) is 3.57. The van der Waals surface area contributed by atoms with Crippen LogP contribution in [0.5, 0.6) is 0 Å². The number of carbonyl (C=O) groups excluding carboxylic acids is 1. The van der Waals surface area contributed by atoms with Crippen molar-refractivity contribution in [2.45, 2.75) is 32.2 Å². The van der Waals surface area contributed by atoms with Crippen molar-refractivity contribution in [3.8, 4) is 0 Å². The van der Waals surface area contributed by atoms with Crippen molar-refractivity contribution in [1.82, 2.24) is 0 Å². The summed E-state index contributed by atoms with van der Waals surface area (Å²) in [4.78, 5) is 10.8. The van der Waals surface area contributed by atoms with E-state index in [0.29, 0.717) is 19.1 Å². The highest BCUT2D eigenvalue weighted by Gasteiger charge is 2.36. The van der Waals surface area contributed by atoms with Crippen LogP contribution >= 0.6 is 0 Å². The van der Waals surface area contributed by atoms with Gasteiger partial charge in [0.2, 0.25) is 0 Å². The summed E-state index contributed by atoms with van der Waals surface area (Å²) in [6.45, 7) is 2.63. The molecule has 2 rings (SSSR count). The Hall–Kier alpha value is -0.610. The number of esters is 1. The summed E-state index contributed by atoms with van der Waals surface area (Å²) in [5.41, 5.74) is 0. The first-order valence-corrected chi connectivity index (χ1v) is 4.66. The van der Waals surface area contributed by atoms with Crippen molar-refractivity contribution >= 4 is 5.97 Å². The van der Waals surface area contributed by atoms with E-state index in [-0.39, 0.29) is 18.4 Å². The number of hydrogen-bond donors (Lipinski definition) is 0. The quantitative estimate of drug-likeness (QED) is 0.565. The van der Waals surface area contributed by atoms with Gasteiger partial charge in [0.1, 0.15) is 6.10 Å². The number of ether oxygens (including phenoxy) is 3. The van der Waals surface area contributed by atoms with Crippen molar-refractivity contribution < 1.29 is 19.0 Å². The molecule has 2 bridgehead atoms. The largest absolute Gasteiger partial charge is 0.460 e. The molecule has 4 heteroatoms. The Balaban J connectivity index is 1.93. The minimum absolute atomic E-state index is 0.0577. The average molecular weight is 186 g/mol. The van der Waals surface area contributed by atoms with E-state index >= 15 is 0 Å². The third-order valence-corrected chi connectivity index (χ3v) is 2.58. The number of fused-ring (bicyclic) bond motifs is 2. The van der Waals surface area contributed by atoms with Crippen molar-refractivity contribution in [2.75, 3.05) is 13.2 Å². The molecule has 0 aromatic carbocycles. The first-order valence-electron chi connectivity index (χ1n) is 4.66. The summed E-state index contributed by atoms with van der Waals surface area (Å²) in [6.07, 6.45) is 1.71. The maximum atomic E-state index is 10.8. The molecule has 0 amide bonds. The zero-order valence-corrected chi connectivity index (χ0v) is 7.69.